The molecule has 1 aliphatic heterocycles. The third kappa shape index (κ3) is 4.85. The highest BCUT2D eigenvalue weighted by molar-refractivity contribution is 5.19. The zero-order valence-electron chi connectivity index (χ0n) is 12.1. The quantitative estimate of drug-likeness (QED) is 0.779. The first-order valence-electron chi connectivity index (χ1n) is 7.49. The molecular formula is C16H24FNO2. The lowest BCUT2D eigenvalue weighted by Gasteiger charge is -2.28. The number of ether oxygens (including phenoxy) is 2. The fourth-order valence-electron chi connectivity index (χ4n) is 2.38. The highest BCUT2D eigenvalue weighted by atomic mass is 19.1. The summed E-state index contributed by atoms with van der Waals surface area (Å²) in [5.74, 6) is -0.208. The van der Waals surface area contributed by atoms with Gasteiger partial charge in [-0.15, -0.1) is 0 Å². The summed E-state index contributed by atoms with van der Waals surface area (Å²) in [5, 5.41) is 3.39. The van der Waals surface area contributed by atoms with Crippen LogP contribution in [0.25, 0.3) is 0 Å². The van der Waals surface area contributed by atoms with Gasteiger partial charge in [-0.1, -0.05) is 19.1 Å². The lowest BCUT2D eigenvalue weighted by atomic mass is 10.1. The minimum Gasteiger partial charge on any atom is -0.381 e. The van der Waals surface area contributed by atoms with Crippen LogP contribution in [0, 0.1) is 5.82 Å². The van der Waals surface area contributed by atoms with Crippen LogP contribution in [0.4, 0.5) is 4.39 Å². The number of nitrogens with one attached hydrogen (secondary N) is 1. The monoisotopic (exact) mass is 281 g/mol. The highest BCUT2D eigenvalue weighted by Crippen LogP contribution is 2.23. The molecule has 0 radical (unpaired) electrons. The second kappa shape index (κ2) is 8.35. The predicted molar refractivity (Wildman–Crippen MR) is 77.2 cm³/mol. The van der Waals surface area contributed by atoms with Crippen molar-refractivity contribution in [1.82, 2.24) is 5.32 Å². The molecule has 1 saturated heterocycles. The Balaban J connectivity index is 1.97. The molecule has 0 aliphatic carbocycles. The molecule has 0 spiro atoms. The summed E-state index contributed by atoms with van der Waals surface area (Å²) in [6.45, 7) is 5.40. The maximum Gasteiger partial charge on any atom is 0.123 e. The van der Waals surface area contributed by atoms with Gasteiger partial charge in [0, 0.05) is 19.8 Å². The molecule has 1 unspecified atom stereocenters. The van der Waals surface area contributed by atoms with Gasteiger partial charge >= 0.3 is 0 Å². The van der Waals surface area contributed by atoms with Gasteiger partial charge in [-0.3, -0.25) is 0 Å². The number of halogens is 1. The zero-order chi connectivity index (χ0) is 14.2. The minimum atomic E-state index is -0.208. The van der Waals surface area contributed by atoms with E-state index in [0.717, 1.165) is 51.1 Å². The summed E-state index contributed by atoms with van der Waals surface area (Å²) in [6.07, 6.45) is 3.18. The Labute approximate surface area is 120 Å². The van der Waals surface area contributed by atoms with Crippen LogP contribution < -0.4 is 5.32 Å². The normalized spacial score (nSPS) is 18.1. The van der Waals surface area contributed by atoms with Crippen LogP contribution in [-0.2, 0) is 9.47 Å². The van der Waals surface area contributed by atoms with Crippen LogP contribution in [-0.4, -0.2) is 32.4 Å². The lowest BCUT2D eigenvalue weighted by molar-refractivity contribution is -0.0688. The molecule has 2 rings (SSSR count). The molecule has 1 aliphatic rings. The molecule has 4 heteroatoms. The van der Waals surface area contributed by atoms with E-state index in [2.05, 4.69) is 12.2 Å². The van der Waals surface area contributed by atoms with Gasteiger partial charge in [0.25, 0.3) is 0 Å². The van der Waals surface area contributed by atoms with Gasteiger partial charge in [0.15, 0.2) is 0 Å². The van der Waals surface area contributed by atoms with Crippen LogP contribution >= 0.6 is 0 Å². The SMILES string of the molecule is CCCNCC(OC1CCOCC1)c1ccc(F)cc1. The molecule has 0 aromatic heterocycles. The molecule has 1 fully saturated rings. The second-order valence-corrected chi connectivity index (χ2v) is 5.19. The van der Waals surface area contributed by atoms with Gasteiger partial charge in [0.2, 0.25) is 0 Å². The van der Waals surface area contributed by atoms with Crippen molar-refractivity contribution >= 4 is 0 Å². The van der Waals surface area contributed by atoms with Crippen molar-refractivity contribution in [2.75, 3.05) is 26.3 Å². The number of hydrogen-bond acceptors (Lipinski definition) is 3. The fourth-order valence-corrected chi connectivity index (χ4v) is 2.38. The maximum absolute atomic E-state index is 13.0. The number of hydrogen-bond donors (Lipinski definition) is 1. The molecule has 1 heterocycles. The van der Waals surface area contributed by atoms with Crippen LogP contribution in [0.3, 0.4) is 0 Å². The van der Waals surface area contributed by atoms with E-state index in [1.165, 1.54) is 12.1 Å². The Hall–Kier alpha value is -0.970. The van der Waals surface area contributed by atoms with Crippen molar-refractivity contribution in [2.24, 2.45) is 0 Å². The number of benzene rings is 1. The summed E-state index contributed by atoms with van der Waals surface area (Å²) in [6, 6.07) is 6.62. The predicted octanol–water partition coefficient (Wildman–Crippen LogP) is 3.06. The van der Waals surface area contributed by atoms with E-state index < -0.39 is 0 Å². The maximum atomic E-state index is 13.0. The Bertz CT molecular complexity index is 377. The van der Waals surface area contributed by atoms with Gasteiger partial charge < -0.3 is 14.8 Å². The van der Waals surface area contributed by atoms with E-state index in [0.29, 0.717) is 0 Å². The van der Waals surface area contributed by atoms with E-state index in [4.69, 9.17) is 9.47 Å². The van der Waals surface area contributed by atoms with E-state index in [-0.39, 0.29) is 18.0 Å². The molecular weight excluding hydrogens is 257 g/mol. The molecule has 1 aromatic rings. The van der Waals surface area contributed by atoms with Crippen molar-refractivity contribution in [3.63, 3.8) is 0 Å². The highest BCUT2D eigenvalue weighted by Gasteiger charge is 2.20. The van der Waals surface area contributed by atoms with Gasteiger partial charge in [-0.25, -0.2) is 4.39 Å². The average Bonchev–Trinajstić information content (AvgIpc) is 2.48. The first-order valence-corrected chi connectivity index (χ1v) is 7.49. The summed E-state index contributed by atoms with van der Waals surface area (Å²) in [5.41, 5.74) is 1.03. The Morgan fingerprint density at radius 3 is 2.65 bits per heavy atom. The minimum absolute atomic E-state index is 0.0229. The van der Waals surface area contributed by atoms with Gasteiger partial charge in [0.05, 0.1) is 12.2 Å². The Morgan fingerprint density at radius 1 is 1.30 bits per heavy atom. The van der Waals surface area contributed by atoms with Crippen molar-refractivity contribution in [1.29, 1.82) is 0 Å². The summed E-state index contributed by atoms with van der Waals surface area (Å²) in [7, 11) is 0. The number of rotatable bonds is 7. The van der Waals surface area contributed by atoms with Crippen molar-refractivity contribution in [3.05, 3.63) is 35.6 Å². The first-order chi connectivity index (χ1) is 9.79. The largest absolute Gasteiger partial charge is 0.381 e. The standard InChI is InChI=1S/C16H24FNO2/c1-2-9-18-12-16(13-3-5-14(17)6-4-13)20-15-7-10-19-11-8-15/h3-6,15-16,18H,2,7-12H2,1H3. The van der Waals surface area contributed by atoms with Crippen molar-refractivity contribution in [3.8, 4) is 0 Å². The van der Waals surface area contributed by atoms with Crippen LogP contribution in [0.5, 0.6) is 0 Å². The molecule has 20 heavy (non-hydrogen) atoms. The summed E-state index contributed by atoms with van der Waals surface area (Å²) < 4.78 is 24.6. The first kappa shape index (κ1) is 15.4. The second-order valence-electron chi connectivity index (χ2n) is 5.19. The molecule has 0 amide bonds. The van der Waals surface area contributed by atoms with E-state index in [1.54, 1.807) is 0 Å². The van der Waals surface area contributed by atoms with E-state index in [1.807, 2.05) is 12.1 Å². The van der Waals surface area contributed by atoms with Crippen LogP contribution in [0.1, 0.15) is 37.9 Å². The van der Waals surface area contributed by atoms with Crippen LogP contribution in [0.2, 0.25) is 0 Å². The summed E-state index contributed by atoms with van der Waals surface area (Å²) in [4.78, 5) is 0. The molecule has 112 valence electrons. The smallest absolute Gasteiger partial charge is 0.123 e. The lowest BCUT2D eigenvalue weighted by Crippen LogP contribution is -2.30. The molecule has 1 atom stereocenters. The molecule has 1 N–H and O–H groups in total. The van der Waals surface area contributed by atoms with Crippen molar-refractivity contribution < 1.29 is 13.9 Å². The van der Waals surface area contributed by atoms with Gasteiger partial charge in [-0.2, -0.15) is 0 Å². The zero-order valence-corrected chi connectivity index (χ0v) is 12.1. The Morgan fingerprint density at radius 2 is 2.00 bits per heavy atom. The topological polar surface area (TPSA) is 30.5 Å². The van der Waals surface area contributed by atoms with Crippen molar-refractivity contribution in [2.45, 2.75) is 38.4 Å². The average molecular weight is 281 g/mol. The summed E-state index contributed by atoms with van der Waals surface area (Å²) >= 11 is 0. The molecule has 3 nitrogen and oxygen atoms in total. The van der Waals surface area contributed by atoms with Gasteiger partial charge in [-0.05, 0) is 43.5 Å². The van der Waals surface area contributed by atoms with Crippen LogP contribution in [0.15, 0.2) is 24.3 Å². The van der Waals surface area contributed by atoms with E-state index >= 15 is 0 Å². The molecule has 0 saturated carbocycles. The molecule has 1 aromatic carbocycles. The van der Waals surface area contributed by atoms with E-state index in [9.17, 15) is 4.39 Å². The fraction of sp³-hybridized carbons (Fsp3) is 0.625. The third-order valence-corrected chi connectivity index (χ3v) is 3.52. The molecule has 0 bridgehead atoms. The van der Waals surface area contributed by atoms with Gasteiger partial charge in [0.1, 0.15) is 5.82 Å². The Kier molecular flexibility index (Phi) is 6.43. The third-order valence-electron chi connectivity index (χ3n) is 3.52.